The zero-order chi connectivity index (χ0) is 12.9. The summed E-state index contributed by atoms with van der Waals surface area (Å²) in [5, 5.41) is 3.56. The predicted octanol–water partition coefficient (Wildman–Crippen LogP) is 3.61. The monoisotopic (exact) mass is 241 g/mol. The van der Waals surface area contributed by atoms with Crippen molar-refractivity contribution in [1.82, 2.24) is 5.32 Å². The molecule has 0 spiro atoms. The smallest absolute Gasteiger partial charge is 0.0529 e. The molecule has 1 rings (SSSR count). The van der Waals surface area contributed by atoms with Crippen LogP contribution >= 0.6 is 0 Å². The third-order valence-corrected chi connectivity index (χ3v) is 3.42. The minimum Gasteiger partial charge on any atom is -0.381 e. The summed E-state index contributed by atoms with van der Waals surface area (Å²) in [7, 11) is 0. The van der Waals surface area contributed by atoms with Gasteiger partial charge in [0.05, 0.1) is 6.61 Å². The maximum Gasteiger partial charge on any atom is 0.0529 e. The Bertz CT molecular complexity index is 211. The van der Waals surface area contributed by atoms with Crippen LogP contribution in [0, 0.1) is 11.3 Å². The van der Waals surface area contributed by atoms with Gasteiger partial charge in [0.25, 0.3) is 0 Å². The van der Waals surface area contributed by atoms with Gasteiger partial charge in [-0.25, -0.2) is 0 Å². The van der Waals surface area contributed by atoms with E-state index in [4.69, 9.17) is 4.74 Å². The molecule has 1 fully saturated rings. The fraction of sp³-hybridized carbons (Fsp3) is 1.00. The number of hydrogen-bond acceptors (Lipinski definition) is 2. The third-order valence-electron chi connectivity index (χ3n) is 3.42. The molecule has 17 heavy (non-hydrogen) atoms. The first-order valence-corrected chi connectivity index (χ1v) is 7.11. The highest BCUT2D eigenvalue weighted by Gasteiger charge is 2.22. The lowest BCUT2D eigenvalue weighted by molar-refractivity contribution is 0.0389. The molecular weight excluding hydrogens is 210 g/mol. The van der Waals surface area contributed by atoms with Gasteiger partial charge in [-0.1, -0.05) is 26.7 Å². The molecule has 0 aromatic heterocycles. The summed E-state index contributed by atoms with van der Waals surface area (Å²) in [6.45, 7) is 14.0. The SMILES string of the molecule is CC(C)(CNC(C)(C)C)COCC1CCCC1. The van der Waals surface area contributed by atoms with Crippen molar-refractivity contribution in [2.75, 3.05) is 19.8 Å². The van der Waals surface area contributed by atoms with Crippen molar-refractivity contribution in [3.8, 4) is 0 Å². The van der Waals surface area contributed by atoms with Crippen molar-refractivity contribution in [2.24, 2.45) is 11.3 Å². The summed E-state index contributed by atoms with van der Waals surface area (Å²) < 4.78 is 5.91. The van der Waals surface area contributed by atoms with Crippen LogP contribution in [-0.2, 0) is 4.74 Å². The Hall–Kier alpha value is -0.0800. The molecule has 0 atom stereocenters. The van der Waals surface area contributed by atoms with E-state index in [0.717, 1.165) is 25.7 Å². The zero-order valence-electron chi connectivity index (χ0n) is 12.4. The molecule has 2 nitrogen and oxygen atoms in total. The molecule has 2 heteroatoms. The molecule has 0 bridgehead atoms. The minimum absolute atomic E-state index is 0.197. The normalized spacial score (nSPS) is 18.9. The highest BCUT2D eigenvalue weighted by Crippen LogP contribution is 2.25. The first-order valence-electron chi connectivity index (χ1n) is 7.11. The van der Waals surface area contributed by atoms with Gasteiger partial charge in [0.2, 0.25) is 0 Å². The van der Waals surface area contributed by atoms with E-state index >= 15 is 0 Å². The van der Waals surface area contributed by atoms with Crippen LogP contribution in [-0.4, -0.2) is 25.3 Å². The summed E-state index contributed by atoms with van der Waals surface area (Å²) in [6, 6.07) is 0. The van der Waals surface area contributed by atoms with Crippen LogP contribution < -0.4 is 5.32 Å². The molecule has 0 aromatic carbocycles. The molecule has 0 radical (unpaired) electrons. The first-order chi connectivity index (χ1) is 7.79. The number of hydrogen-bond donors (Lipinski definition) is 1. The van der Waals surface area contributed by atoms with Gasteiger partial charge in [-0.2, -0.15) is 0 Å². The van der Waals surface area contributed by atoms with Crippen LogP contribution in [0.1, 0.15) is 60.3 Å². The average Bonchev–Trinajstić information content (AvgIpc) is 2.67. The fourth-order valence-corrected chi connectivity index (χ4v) is 2.23. The minimum atomic E-state index is 0.197. The quantitative estimate of drug-likeness (QED) is 0.767. The summed E-state index contributed by atoms with van der Waals surface area (Å²) >= 11 is 0. The second-order valence-electron chi connectivity index (χ2n) is 7.43. The lowest BCUT2D eigenvalue weighted by atomic mass is 9.93. The lowest BCUT2D eigenvalue weighted by Crippen LogP contribution is -2.43. The van der Waals surface area contributed by atoms with E-state index in [-0.39, 0.29) is 11.0 Å². The van der Waals surface area contributed by atoms with Crippen molar-refractivity contribution in [3.63, 3.8) is 0 Å². The second-order valence-corrected chi connectivity index (χ2v) is 7.43. The maximum absolute atomic E-state index is 5.91. The Morgan fingerprint density at radius 3 is 2.18 bits per heavy atom. The van der Waals surface area contributed by atoms with Crippen LogP contribution in [0.5, 0.6) is 0 Å². The van der Waals surface area contributed by atoms with Gasteiger partial charge in [0.1, 0.15) is 0 Å². The number of ether oxygens (including phenoxy) is 1. The van der Waals surface area contributed by atoms with Gasteiger partial charge in [0, 0.05) is 24.1 Å². The molecular formula is C15H31NO. The molecule has 102 valence electrons. The van der Waals surface area contributed by atoms with Gasteiger partial charge in [-0.05, 0) is 39.5 Å². The first kappa shape index (κ1) is 15.0. The Labute approximate surface area is 108 Å². The van der Waals surface area contributed by atoms with Gasteiger partial charge in [-0.15, -0.1) is 0 Å². The fourth-order valence-electron chi connectivity index (χ4n) is 2.23. The summed E-state index contributed by atoms with van der Waals surface area (Å²) in [6.07, 6.45) is 5.56. The van der Waals surface area contributed by atoms with E-state index in [1.807, 2.05) is 0 Å². The standard InChI is InChI=1S/C15H31NO/c1-14(2,3)16-11-15(4,5)12-17-10-13-8-6-7-9-13/h13,16H,6-12H2,1-5H3. The van der Waals surface area contributed by atoms with E-state index in [0.29, 0.717) is 0 Å². The molecule has 1 aliphatic rings. The largest absolute Gasteiger partial charge is 0.381 e. The molecule has 1 aliphatic carbocycles. The van der Waals surface area contributed by atoms with Crippen molar-refractivity contribution in [2.45, 2.75) is 65.8 Å². The zero-order valence-corrected chi connectivity index (χ0v) is 12.4. The lowest BCUT2D eigenvalue weighted by Gasteiger charge is -2.30. The van der Waals surface area contributed by atoms with Crippen LogP contribution in [0.15, 0.2) is 0 Å². The Morgan fingerprint density at radius 1 is 1.06 bits per heavy atom. The van der Waals surface area contributed by atoms with Crippen molar-refractivity contribution in [1.29, 1.82) is 0 Å². The van der Waals surface area contributed by atoms with Gasteiger partial charge < -0.3 is 10.1 Å². The van der Waals surface area contributed by atoms with Gasteiger partial charge >= 0.3 is 0 Å². The molecule has 0 heterocycles. The van der Waals surface area contributed by atoms with E-state index in [9.17, 15) is 0 Å². The number of rotatable bonds is 6. The Balaban J connectivity index is 2.14. The van der Waals surface area contributed by atoms with E-state index in [1.165, 1.54) is 25.7 Å². The third kappa shape index (κ3) is 7.05. The summed E-state index contributed by atoms with van der Waals surface area (Å²) in [5.74, 6) is 0.835. The van der Waals surface area contributed by atoms with Crippen molar-refractivity contribution in [3.05, 3.63) is 0 Å². The van der Waals surface area contributed by atoms with Crippen molar-refractivity contribution >= 4 is 0 Å². The molecule has 0 aliphatic heterocycles. The van der Waals surface area contributed by atoms with Gasteiger partial charge in [0.15, 0.2) is 0 Å². The highest BCUT2D eigenvalue weighted by atomic mass is 16.5. The molecule has 0 unspecified atom stereocenters. The Morgan fingerprint density at radius 2 is 1.65 bits per heavy atom. The van der Waals surface area contributed by atoms with Crippen LogP contribution in [0.4, 0.5) is 0 Å². The highest BCUT2D eigenvalue weighted by molar-refractivity contribution is 4.78. The topological polar surface area (TPSA) is 21.3 Å². The summed E-state index contributed by atoms with van der Waals surface area (Å²) in [5.41, 5.74) is 0.425. The molecule has 0 aromatic rings. The van der Waals surface area contributed by atoms with E-state index in [1.54, 1.807) is 0 Å². The average molecular weight is 241 g/mol. The second kappa shape index (κ2) is 6.19. The number of nitrogens with one attached hydrogen (secondary N) is 1. The molecule has 1 N–H and O–H groups in total. The molecule has 0 saturated heterocycles. The Kier molecular flexibility index (Phi) is 5.46. The van der Waals surface area contributed by atoms with Crippen molar-refractivity contribution < 1.29 is 4.74 Å². The van der Waals surface area contributed by atoms with Gasteiger partial charge in [-0.3, -0.25) is 0 Å². The summed E-state index contributed by atoms with van der Waals surface area (Å²) in [4.78, 5) is 0. The van der Waals surface area contributed by atoms with Crippen LogP contribution in [0.25, 0.3) is 0 Å². The molecule has 0 amide bonds. The maximum atomic E-state index is 5.91. The van der Waals surface area contributed by atoms with E-state index < -0.39 is 0 Å². The predicted molar refractivity (Wildman–Crippen MR) is 74.3 cm³/mol. The van der Waals surface area contributed by atoms with Crippen LogP contribution in [0.3, 0.4) is 0 Å². The van der Waals surface area contributed by atoms with E-state index in [2.05, 4.69) is 39.9 Å². The van der Waals surface area contributed by atoms with Crippen LogP contribution in [0.2, 0.25) is 0 Å². The molecule has 1 saturated carbocycles.